The Morgan fingerprint density at radius 2 is 2.17 bits per heavy atom. The maximum absolute atomic E-state index is 12.7. The van der Waals surface area contributed by atoms with Crippen LogP contribution < -0.4 is 16.0 Å². The smallest absolute Gasteiger partial charge is 0.270 e. The number of piperidine rings is 1. The minimum atomic E-state index is -0.796. The SMILES string of the molecule is Cn1cncc1C(=O)N[C@]1(C)CC2(CCN(c3nccc(N)n3)CC2)OC[C@H]1O. The first-order valence-corrected chi connectivity index (χ1v) is 9.75. The van der Waals surface area contributed by atoms with Gasteiger partial charge in [0.1, 0.15) is 17.6 Å². The van der Waals surface area contributed by atoms with Gasteiger partial charge in [0.15, 0.2) is 0 Å². The van der Waals surface area contributed by atoms with E-state index >= 15 is 0 Å². The number of amides is 1. The molecule has 0 aromatic carbocycles. The van der Waals surface area contributed by atoms with Gasteiger partial charge in [0, 0.05) is 32.8 Å². The lowest BCUT2D eigenvalue weighted by Gasteiger charge is -2.51. The molecule has 2 aliphatic rings. The van der Waals surface area contributed by atoms with Gasteiger partial charge >= 0.3 is 0 Å². The Morgan fingerprint density at radius 3 is 2.83 bits per heavy atom. The molecule has 2 saturated heterocycles. The Kier molecular flexibility index (Phi) is 4.91. The summed E-state index contributed by atoms with van der Waals surface area (Å²) in [6.07, 6.45) is 5.97. The van der Waals surface area contributed by atoms with E-state index in [1.807, 2.05) is 6.92 Å². The van der Waals surface area contributed by atoms with Crippen molar-refractivity contribution in [1.29, 1.82) is 0 Å². The van der Waals surface area contributed by atoms with Gasteiger partial charge in [0.05, 0.1) is 30.3 Å². The Bertz CT molecular complexity index is 893. The van der Waals surface area contributed by atoms with Gasteiger partial charge in [0.25, 0.3) is 5.91 Å². The van der Waals surface area contributed by atoms with Crippen LogP contribution in [0.25, 0.3) is 0 Å². The maximum atomic E-state index is 12.7. The zero-order valence-corrected chi connectivity index (χ0v) is 16.7. The Labute approximate surface area is 169 Å². The topological polar surface area (TPSA) is 131 Å². The molecule has 0 radical (unpaired) electrons. The lowest BCUT2D eigenvalue weighted by molar-refractivity contribution is -0.167. The molecule has 0 saturated carbocycles. The molecule has 2 aromatic rings. The van der Waals surface area contributed by atoms with Crippen molar-refractivity contribution in [2.75, 3.05) is 30.3 Å². The summed E-state index contributed by atoms with van der Waals surface area (Å²) in [5.74, 6) is 0.801. The molecule has 1 spiro atoms. The van der Waals surface area contributed by atoms with E-state index in [0.717, 1.165) is 12.8 Å². The molecule has 2 fully saturated rings. The summed E-state index contributed by atoms with van der Waals surface area (Å²) in [5, 5.41) is 13.6. The summed E-state index contributed by atoms with van der Waals surface area (Å²) in [6.45, 7) is 3.48. The van der Waals surface area contributed by atoms with Crippen molar-refractivity contribution in [3.8, 4) is 0 Å². The number of carbonyl (C=O) groups excluding carboxylic acids is 1. The van der Waals surface area contributed by atoms with Gasteiger partial charge in [-0.05, 0) is 25.8 Å². The van der Waals surface area contributed by atoms with Crippen molar-refractivity contribution < 1.29 is 14.6 Å². The molecule has 0 unspecified atom stereocenters. The number of hydrogen-bond acceptors (Lipinski definition) is 8. The molecular formula is C19H27N7O3. The zero-order chi connectivity index (χ0) is 20.6. The van der Waals surface area contributed by atoms with Crippen LogP contribution >= 0.6 is 0 Å². The molecule has 10 nitrogen and oxygen atoms in total. The van der Waals surface area contributed by atoms with Crippen molar-refractivity contribution in [3.05, 3.63) is 30.5 Å². The second kappa shape index (κ2) is 7.27. The number of nitrogens with one attached hydrogen (secondary N) is 1. The number of carbonyl (C=O) groups is 1. The molecule has 2 aliphatic heterocycles. The lowest BCUT2D eigenvalue weighted by Crippen LogP contribution is -2.65. The first-order valence-electron chi connectivity index (χ1n) is 9.75. The van der Waals surface area contributed by atoms with E-state index in [1.165, 1.54) is 6.20 Å². The standard InChI is InChI=1S/C19H27N7O3/c1-18(24-16(28)13-9-21-12-25(13)2)11-19(29-10-14(18)27)4-7-26(8-5-19)17-22-6-3-15(20)23-17/h3,6,9,12,14,27H,4-5,7-8,10-11H2,1-2H3,(H,24,28)(H2,20,22,23)/t14-,18-/m1/s1. The molecule has 4 rings (SSSR count). The number of nitrogens with zero attached hydrogens (tertiary/aromatic N) is 5. The first-order chi connectivity index (χ1) is 13.8. The molecule has 156 valence electrons. The lowest BCUT2D eigenvalue weighted by atomic mass is 9.74. The van der Waals surface area contributed by atoms with E-state index < -0.39 is 17.2 Å². The van der Waals surface area contributed by atoms with Gasteiger partial charge in [-0.3, -0.25) is 4.79 Å². The van der Waals surface area contributed by atoms with Crippen LogP contribution in [-0.4, -0.2) is 67.5 Å². The van der Waals surface area contributed by atoms with Crippen molar-refractivity contribution >= 4 is 17.7 Å². The Balaban J connectivity index is 1.46. The predicted molar refractivity (Wildman–Crippen MR) is 106 cm³/mol. The average molecular weight is 401 g/mol. The summed E-state index contributed by atoms with van der Waals surface area (Å²) in [6, 6.07) is 1.66. The number of aryl methyl sites for hydroxylation is 1. The molecular weight excluding hydrogens is 374 g/mol. The Hall–Kier alpha value is -2.72. The summed E-state index contributed by atoms with van der Waals surface area (Å²) in [5.41, 5.74) is 5.02. The normalized spacial score (nSPS) is 26.4. The van der Waals surface area contributed by atoms with Gasteiger partial charge in [0.2, 0.25) is 5.95 Å². The molecule has 4 heterocycles. The molecule has 4 N–H and O–H groups in total. The van der Waals surface area contributed by atoms with E-state index in [-0.39, 0.29) is 12.5 Å². The van der Waals surface area contributed by atoms with E-state index in [0.29, 0.717) is 37.0 Å². The number of aliphatic hydroxyl groups excluding tert-OH is 1. The number of aliphatic hydroxyl groups is 1. The number of nitrogen functional groups attached to an aromatic ring is 1. The fourth-order valence-corrected chi connectivity index (χ4v) is 4.25. The van der Waals surface area contributed by atoms with Gasteiger partial charge in [-0.2, -0.15) is 4.98 Å². The molecule has 0 bridgehead atoms. The number of aromatic nitrogens is 4. The van der Waals surface area contributed by atoms with Crippen molar-refractivity contribution in [3.63, 3.8) is 0 Å². The first kappa shape index (κ1) is 19.6. The number of imidazole rings is 1. The molecule has 0 aliphatic carbocycles. The molecule has 2 aromatic heterocycles. The van der Waals surface area contributed by atoms with E-state index in [9.17, 15) is 9.90 Å². The van der Waals surface area contributed by atoms with Crippen LogP contribution in [0.1, 0.15) is 36.7 Å². The largest absolute Gasteiger partial charge is 0.388 e. The molecule has 10 heteroatoms. The van der Waals surface area contributed by atoms with Gasteiger partial charge in [-0.15, -0.1) is 0 Å². The third-order valence-corrected chi connectivity index (χ3v) is 6.04. The maximum Gasteiger partial charge on any atom is 0.270 e. The monoisotopic (exact) mass is 401 g/mol. The van der Waals surface area contributed by atoms with E-state index in [1.54, 1.807) is 30.2 Å². The number of anilines is 2. The van der Waals surface area contributed by atoms with Crippen LogP contribution in [0.5, 0.6) is 0 Å². The summed E-state index contributed by atoms with van der Waals surface area (Å²) < 4.78 is 7.76. The highest BCUT2D eigenvalue weighted by molar-refractivity contribution is 5.92. The zero-order valence-electron chi connectivity index (χ0n) is 16.7. The van der Waals surface area contributed by atoms with Gasteiger partial charge in [-0.1, -0.05) is 0 Å². The van der Waals surface area contributed by atoms with Crippen LogP contribution in [0, 0.1) is 0 Å². The van der Waals surface area contributed by atoms with E-state index in [2.05, 4.69) is 25.2 Å². The van der Waals surface area contributed by atoms with Gasteiger partial charge in [-0.25, -0.2) is 9.97 Å². The highest BCUT2D eigenvalue weighted by Gasteiger charge is 2.50. The summed E-state index contributed by atoms with van der Waals surface area (Å²) in [7, 11) is 1.76. The van der Waals surface area contributed by atoms with Crippen molar-refractivity contribution in [2.45, 2.75) is 43.4 Å². The summed E-state index contributed by atoms with van der Waals surface area (Å²) in [4.78, 5) is 27.4. The fourth-order valence-electron chi connectivity index (χ4n) is 4.25. The number of rotatable bonds is 3. The molecule has 1 amide bonds. The highest BCUT2D eigenvalue weighted by atomic mass is 16.5. The molecule has 29 heavy (non-hydrogen) atoms. The molecule has 2 atom stereocenters. The van der Waals surface area contributed by atoms with Crippen LogP contribution in [0.4, 0.5) is 11.8 Å². The van der Waals surface area contributed by atoms with Crippen LogP contribution in [0.3, 0.4) is 0 Å². The third kappa shape index (κ3) is 3.77. The number of nitrogens with two attached hydrogens (primary N) is 1. The predicted octanol–water partition coefficient (Wildman–Crippen LogP) is 0.101. The van der Waals surface area contributed by atoms with Crippen molar-refractivity contribution in [1.82, 2.24) is 24.8 Å². The quantitative estimate of drug-likeness (QED) is 0.660. The second-order valence-corrected chi connectivity index (χ2v) is 8.22. The minimum absolute atomic E-state index is 0.178. The van der Waals surface area contributed by atoms with Gasteiger partial charge < -0.3 is 30.4 Å². The fraction of sp³-hybridized carbons (Fsp3) is 0.579. The van der Waals surface area contributed by atoms with E-state index in [4.69, 9.17) is 10.5 Å². The highest BCUT2D eigenvalue weighted by Crippen LogP contribution is 2.40. The average Bonchev–Trinajstić information content (AvgIpc) is 3.12. The minimum Gasteiger partial charge on any atom is -0.388 e. The van der Waals surface area contributed by atoms with Crippen LogP contribution in [0.15, 0.2) is 24.8 Å². The van der Waals surface area contributed by atoms with Crippen molar-refractivity contribution in [2.24, 2.45) is 7.05 Å². The van der Waals surface area contributed by atoms with Crippen LogP contribution in [-0.2, 0) is 11.8 Å². The third-order valence-electron chi connectivity index (χ3n) is 6.04. The second-order valence-electron chi connectivity index (χ2n) is 8.22. The Morgan fingerprint density at radius 1 is 1.41 bits per heavy atom. The van der Waals surface area contributed by atoms with Crippen LogP contribution in [0.2, 0.25) is 0 Å². The number of ether oxygens (including phenoxy) is 1. The summed E-state index contributed by atoms with van der Waals surface area (Å²) >= 11 is 0. The number of hydrogen-bond donors (Lipinski definition) is 3.